The molecule has 0 unspecified atom stereocenters. The van der Waals surface area contributed by atoms with Gasteiger partial charge in [-0.25, -0.2) is 0 Å². The van der Waals surface area contributed by atoms with Crippen LogP contribution in [0.2, 0.25) is 0 Å². The fourth-order valence-corrected chi connectivity index (χ4v) is 2.36. The van der Waals surface area contributed by atoms with Gasteiger partial charge < -0.3 is 14.2 Å². The van der Waals surface area contributed by atoms with Crippen LogP contribution in [0.25, 0.3) is 0 Å². The Balaban J connectivity index is 2.96. The van der Waals surface area contributed by atoms with Crippen LogP contribution in [0.15, 0.2) is 12.1 Å². The first-order valence-corrected chi connectivity index (χ1v) is 7.35. The van der Waals surface area contributed by atoms with Gasteiger partial charge in [0.25, 0.3) is 0 Å². The Bertz CT molecular complexity index is 538. The highest BCUT2D eigenvalue weighted by molar-refractivity contribution is 14.1. The molecule has 0 aromatic heterocycles. The lowest BCUT2D eigenvalue weighted by Crippen LogP contribution is -2.25. The Hall–Kier alpha value is -1.44. The summed E-state index contributed by atoms with van der Waals surface area (Å²) in [5.74, 6) is 0.115. The summed E-state index contributed by atoms with van der Waals surface area (Å²) in [6.07, 6.45) is -0.592. The molecule has 0 saturated carbocycles. The number of halogens is 1. The molecule has 21 heavy (non-hydrogen) atoms. The van der Waals surface area contributed by atoms with E-state index >= 15 is 0 Å². The number of rotatable bonds is 8. The summed E-state index contributed by atoms with van der Waals surface area (Å²) >= 11 is 1.90. The SMILES string of the molecule is CCOC(COc1c(I)cc(C#N)cc1[N+](=O)[O-])OCC. The monoisotopic (exact) mass is 406 g/mol. The van der Waals surface area contributed by atoms with Crippen LogP contribution in [0.1, 0.15) is 19.4 Å². The lowest BCUT2D eigenvalue weighted by Gasteiger charge is -2.18. The maximum Gasteiger partial charge on any atom is 0.313 e. The van der Waals surface area contributed by atoms with E-state index in [1.165, 1.54) is 12.1 Å². The van der Waals surface area contributed by atoms with E-state index in [0.717, 1.165) is 0 Å². The van der Waals surface area contributed by atoms with E-state index in [4.69, 9.17) is 19.5 Å². The lowest BCUT2D eigenvalue weighted by atomic mass is 10.2. The van der Waals surface area contributed by atoms with Crippen LogP contribution < -0.4 is 4.74 Å². The van der Waals surface area contributed by atoms with Gasteiger partial charge in [-0.3, -0.25) is 10.1 Å². The number of hydrogen-bond donors (Lipinski definition) is 0. The van der Waals surface area contributed by atoms with Gasteiger partial charge in [-0.15, -0.1) is 0 Å². The highest BCUT2D eigenvalue weighted by Gasteiger charge is 2.22. The molecule has 7 nitrogen and oxygen atoms in total. The molecular formula is C13H15IN2O5. The molecule has 0 aliphatic rings. The summed E-state index contributed by atoms with van der Waals surface area (Å²) in [5, 5.41) is 19.9. The van der Waals surface area contributed by atoms with Crippen molar-refractivity contribution in [2.45, 2.75) is 20.1 Å². The second-order valence-electron chi connectivity index (χ2n) is 3.83. The van der Waals surface area contributed by atoms with Crippen molar-refractivity contribution < 1.29 is 19.1 Å². The third-order valence-electron chi connectivity index (χ3n) is 2.42. The highest BCUT2D eigenvalue weighted by Crippen LogP contribution is 2.33. The molecule has 8 heteroatoms. The predicted octanol–water partition coefficient (Wildman–Crippen LogP) is 2.85. The Labute approximate surface area is 136 Å². The standard InChI is InChI=1S/C13H15IN2O5/c1-3-19-12(20-4-2)8-21-13-10(14)5-9(7-15)6-11(13)16(17)18/h5-6,12H,3-4,8H2,1-2H3. The van der Waals surface area contributed by atoms with Gasteiger partial charge in [-0.05, 0) is 42.5 Å². The third-order valence-corrected chi connectivity index (χ3v) is 3.22. The molecule has 1 aromatic carbocycles. The molecule has 114 valence electrons. The summed E-state index contributed by atoms with van der Waals surface area (Å²) in [6, 6.07) is 4.60. The molecule has 0 amide bonds. The zero-order chi connectivity index (χ0) is 15.8. The topological polar surface area (TPSA) is 94.6 Å². The molecule has 0 atom stereocenters. The van der Waals surface area contributed by atoms with Crippen molar-refractivity contribution in [3.05, 3.63) is 31.4 Å². The Kier molecular flexibility index (Phi) is 7.35. The van der Waals surface area contributed by atoms with Gasteiger partial charge in [0.05, 0.1) is 20.1 Å². The van der Waals surface area contributed by atoms with Gasteiger partial charge >= 0.3 is 5.69 Å². The van der Waals surface area contributed by atoms with E-state index in [-0.39, 0.29) is 23.6 Å². The first-order valence-electron chi connectivity index (χ1n) is 6.27. The number of nitriles is 1. The van der Waals surface area contributed by atoms with E-state index in [9.17, 15) is 10.1 Å². The van der Waals surface area contributed by atoms with Crippen LogP contribution in [-0.2, 0) is 9.47 Å². The molecule has 0 radical (unpaired) electrons. The molecule has 0 spiro atoms. The second kappa shape index (κ2) is 8.76. The van der Waals surface area contributed by atoms with E-state index in [1.807, 2.05) is 42.5 Å². The molecule has 0 aliphatic heterocycles. The molecule has 0 fully saturated rings. The molecule has 0 aliphatic carbocycles. The summed E-state index contributed by atoms with van der Waals surface area (Å²) in [4.78, 5) is 10.5. The lowest BCUT2D eigenvalue weighted by molar-refractivity contribution is -0.386. The quantitative estimate of drug-likeness (QED) is 0.285. The van der Waals surface area contributed by atoms with Crippen LogP contribution in [0.5, 0.6) is 5.75 Å². The van der Waals surface area contributed by atoms with Crippen LogP contribution in [0.3, 0.4) is 0 Å². The van der Waals surface area contributed by atoms with Crippen LogP contribution >= 0.6 is 22.6 Å². The molecule has 1 rings (SSSR count). The minimum atomic E-state index is -0.592. The fraction of sp³-hybridized carbons (Fsp3) is 0.462. The number of nitrogens with zero attached hydrogens (tertiary/aromatic N) is 2. The van der Waals surface area contributed by atoms with Gasteiger partial charge in [-0.1, -0.05) is 0 Å². The van der Waals surface area contributed by atoms with Crippen molar-refractivity contribution in [3.8, 4) is 11.8 Å². The minimum Gasteiger partial charge on any atom is -0.481 e. The summed E-state index contributed by atoms with van der Waals surface area (Å²) in [5.41, 5.74) is -0.0326. The molecule has 0 heterocycles. The van der Waals surface area contributed by atoms with Crippen molar-refractivity contribution in [2.75, 3.05) is 19.8 Å². The first kappa shape index (κ1) is 17.6. The molecular weight excluding hydrogens is 391 g/mol. The zero-order valence-electron chi connectivity index (χ0n) is 11.7. The van der Waals surface area contributed by atoms with Gasteiger partial charge in [0.1, 0.15) is 6.61 Å². The summed E-state index contributed by atoms with van der Waals surface area (Å²) in [6.45, 7) is 4.56. The maximum absolute atomic E-state index is 11.1. The third kappa shape index (κ3) is 5.11. The zero-order valence-corrected chi connectivity index (χ0v) is 13.8. The number of nitro benzene ring substituents is 1. The normalized spacial score (nSPS) is 10.4. The minimum absolute atomic E-state index is 0.0322. The molecule has 0 saturated heterocycles. The van der Waals surface area contributed by atoms with Gasteiger partial charge in [0.2, 0.25) is 5.75 Å². The number of nitro groups is 1. The number of ether oxygens (including phenoxy) is 3. The molecule has 0 bridgehead atoms. The van der Waals surface area contributed by atoms with Crippen LogP contribution in [0, 0.1) is 25.0 Å². The van der Waals surface area contributed by atoms with Crippen LogP contribution in [0.4, 0.5) is 5.69 Å². The predicted molar refractivity (Wildman–Crippen MR) is 83.1 cm³/mol. The van der Waals surface area contributed by atoms with Crippen molar-refractivity contribution in [1.82, 2.24) is 0 Å². The second-order valence-corrected chi connectivity index (χ2v) is 4.99. The van der Waals surface area contributed by atoms with Crippen molar-refractivity contribution in [1.29, 1.82) is 5.26 Å². The van der Waals surface area contributed by atoms with E-state index in [1.54, 1.807) is 0 Å². The van der Waals surface area contributed by atoms with Gasteiger partial charge in [0.15, 0.2) is 6.29 Å². The van der Waals surface area contributed by atoms with Crippen molar-refractivity contribution >= 4 is 28.3 Å². The summed E-state index contributed by atoms with van der Waals surface area (Å²) < 4.78 is 16.6. The first-order chi connectivity index (χ1) is 10.0. The van der Waals surface area contributed by atoms with Crippen molar-refractivity contribution in [2.24, 2.45) is 0 Å². The Morgan fingerprint density at radius 3 is 2.48 bits per heavy atom. The number of hydrogen-bond acceptors (Lipinski definition) is 6. The molecule has 0 N–H and O–H groups in total. The molecule has 1 aromatic rings. The Morgan fingerprint density at radius 1 is 1.38 bits per heavy atom. The Morgan fingerprint density at radius 2 is 2.00 bits per heavy atom. The fourth-order valence-electron chi connectivity index (χ4n) is 1.59. The van der Waals surface area contributed by atoms with Gasteiger partial charge in [0, 0.05) is 19.3 Å². The van der Waals surface area contributed by atoms with E-state index < -0.39 is 11.2 Å². The van der Waals surface area contributed by atoms with E-state index in [2.05, 4.69) is 0 Å². The van der Waals surface area contributed by atoms with Crippen molar-refractivity contribution in [3.63, 3.8) is 0 Å². The average Bonchev–Trinajstić information content (AvgIpc) is 2.45. The maximum atomic E-state index is 11.1. The largest absolute Gasteiger partial charge is 0.481 e. The average molecular weight is 406 g/mol. The van der Waals surface area contributed by atoms with E-state index in [0.29, 0.717) is 16.8 Å². The summed E-state index contributed by atoms with van der Waals surface area (Å²) in [7, 11) is 0. The van der Waals surface area contributed by atoms with Gasteiger partial charge in [-0.2, -0.15) is 5.26 Å². The number of benzene rings is 1. The van der Waals surface area contributed by atoms with Crippen LogP contribution in [-0.4, -0.2) is 31.0 Å². The smallest absolute Gasteiger partial charge is 0.313 e. The highest BCUT2D eigenvalue weighted by atomic mass is 127.